The number of nitrogens with zero attached hydrogens (tertiary/aromatic N) is 4. The summed E-state index contributed by atoms with van der Waals surface area (Å²) in [5, 5.41) is 0. The van der Waals surface area contributed by atoms with Crippen molar-refractivity contribution < 1.29 is 9.53 Å². The standard InChI is InChI=1S/C15H23N5O2/c1-11-9-13(18-15(16)17-11)20-4-2-3-12(10-20)14(21)19-5-7-22-8-6-19/h9,12H,2-8,10H2,1H3,(H2,16,17,18). The van der Waals surface area contributed by atoms with Crippen molar-refractivity contribution >= 4 is 17.7 Å². The number of anilines is 2. The van der Waals surface area contributed by atoms with E-state index >= 15 is 0 Å². The topological polar surface area (TPSA) is 84.6 Å². The van der Waals surface area contributed by atoms with Crippen LogP contribution in [0.2, 0.25) is 0 Å². The second-order valence-corrected chi connectivity index (χ2v) is 5.95. The van der Waals surface area contributed by atoms with Crippen LogP contribution in [0.15, 0.2) is 6.07 Å². The first-order chi connectivity index (χ1) is 10.6. The molecule has 0 radical (unpaired) electrons. The van der Waals surface area contributed by atoms with Crippen LogP contribution in [0.4, 0.5) is 11.8 Å². The average Bonchev–Trinajstić information content (AvgIpc) is 2.54. The number of aromatic nitrogens is 2. The van der Waals surface area contributed by atoms with Crippen molar-refractivity contribution in [2.24, 2.45) is 5.92 Å². The van der Waals surface area contributed by atoms with Gasteiger partial charge in [-0.05, 0) is 19.8 Å². The summed E-state index contributed by atoms with van der Waals surface area (Å²) in [4.78, 5) is 25.1. The molecule has 0 bridgehead atoms. The number of piperidine rings is 1. The lowest BCUT2D eigenvalue weighted by Gasteiger charge is -2.36. The van der Waals surface area contributed by atoms with Crippen molar-refractivity contribution in [2.45, 2.75) is 19.8 Å². The van der Waals surface area contributed by atoms with Crippen molar-refractivity contribution in [1.82, 2.24) is 14.9 Å². The number of carbonyl (C=O) groups is 1. The second-order valence-electron chi connectivity index (χ2n) is 5.95. The monoisotopic (exact) mass is 305 g/mol. The molecule has 7 heteroatoms. The van der Waals surface area contributed by atoms with Gasteiger partial charge in [0.25, 0.3) is 0 Å². The van der Waals surface area contributed by atoms with Crippen LogP contribution in [-0.2, 0) is 9.53 Å². The summed E-state index contributed by atoms with van der Waals surface area (Å²) in [6.45, 7) is 6.20. The SMILES string of the molecule is Cc1cc(N2CCCC(C(=O)N3CCOCC3)C2)nc(N)n1. The predicted molar refractivity (Wildman–Crippen MR) is 83.5 cm³/mol. The molecule has 2 saturated heterocycles. The number of nitrogen functional groups attached to an aromatic ring is 1. The van der Waals surface area contributed by atoms with Crippen LogP contribution in [0.1, 0.15) is 18.5 Å². The lowest BCUT2D eigenvalue weighted by atomic mass is 9.96. The third-order valence-corrected chi connectivity index (χ3v) is 4.28. The van der Waals surface area contributed by atoms with Gasteiger partial charge in [0, 0.05) is 37.9 Å². The summed E-state index contributed by atoms with van der Waals surface area (Å²) in [6, 6.07) is 1.93. The lowest BCUT2D eigenvalue weighted by Crippen LogP contribution is -2.48. The highest BCUT2D eigenvalue weighted by Gasteiger charge is 2.30. The summed E-state index contributed by atoms with van der Waals surface area (Å²) in [7, 11) is 0. The molecule has 1 aromatic rings. The zero-order valence-corrected chi connectivity index (χ0v) is 13.0. The third-order valence-electron chi connectivity index (χ3n) is 4.28. The number of amides is 1. The zero-order valence-electron chi connectivity index (χ0n) is 13.0. The van der Waals surface area contributed by atoms with Crippen LogP contribution in [-0.4, -0.2) is 60.2 Å². The highest BCUT2D eigenvalue weighted by atomic mass is 16.5. The van der Waals surface area contributed by atoms with Gasteiger partial charge in [0.05, 0.1) is 19.1 Å². The molecule has 0 aromatic carbocycles. The van der Waals surface area contributed by atoms with Gasteiger partial charge in [0.15, 0.2) is 0 Å². The van der Waals surface area contributed by atoms with Crippen LogP contribution < -0.4 is 10.6 Å². The Morgan fingerprint density at radius 2 is 2.09 bits per heavy atom. The Morgan fingerprint density at radius 3 is 2.82 bits per heavy atom. The van der Waals surface area contributed by atoms with Gasteiger partial charge in [-0.2, -0.15) is 4.98 Å². The molecule has 0 aliphatic carbocycles. The van der Waals surface area contributed by atoms with Crippen molar-refractivity contribution in [3.05, 3.63) is 11.8 Å². The molecule has 0 spiro atoms. The summed E-state index contributed by atoms with van der Waals surface area (Å²) < 4.78 is 5.32. The Morgan fingerprint density at radius 1 is 1.32 bits per heavy atom. The molecule has 22 heavy (non-hydrogen) atoms. The first-order valence-corrected chi connectivity index (χ1v) is 7.86. The smallest absolute Gasteiger partial charge is 0.227 e. The first-order valence-electron chi connectivity index (χ1n) is 7.86. The number of carbonyl (C=O) groups excluding carboxylic acids is 1. The molecule has 0 saturated carbocycles. The highest BCUT2D eigenvalue weighted by Crippen LogP contribution is 2.24. The Kier molecular flexibility index (Phi) is 4.42. The van der Waals surface area contributed by atoms with Crippen LogP contribution in [0.25, 0.3) is 0 Å². The summed E-state index contributed by atoms with van der Waals surface area (Å²) in [5.41, 5.74) is 6.59. The van der Waals surface area contributed by atoms with Crippen molar-refractivity contribution in [3.8, 4) is 0 Å². The van der Waals surface area contributed by atoms with E-state index in [1.165, 1.54) is 0 Å². The number of nitrogens with two attached hydrogens (primary N) is 1. The van der Waals surface area contributed by atoms with E-state index < -0.39 is 0 Å². The maximum absolute atomic E-state index is 12.7. The molecule has 1 aromatic heterocycles. The number of aryl methyl sites for hydroxylation is 1. The summed E-state index contributed by atoms with van der Waals surface area (Å²) in [5.74, 6) is 1.39. The minimum Gasteiger partial charge on any atom is -0.378 e. The molecule has 1 unspecified atom stereocenters. The molecule has 2 aliphatic rings. The minimum absolute atomic E-state index is 0.0309. The summed E-state index contributed by atoms with van der Waals surface area (Å²) >= 11 is 0. The molecular formula is C15H23N5O2. The van der Waals surface area contributed by atoms with Crippen LogP contribution in [0.3, 0.4) is 0 Å². The van der Waals surface area contributed by atoms with E-state index in [0.29, 0.717) is 32.8 Å². The van der Waals surface area contributed by atoms with Gasteiger partial charge >= 0.3 is 0 Å². The van der Waals surface area contributed by atoms with Gasteiger partial charge in [-0.1, -0.05) is 0 Å². The third kappa shape index (κ3) is 3.30. The van der Waals surface area contributed by atoms with Crippen LogP contribution >= 0.6 is 0 Å². The van der Waals surface area contributed by atoms with Gasteiger partial charge in [-0.25, -0.2) is 4.98 Å². The van der Waals surface area contributed by atoms with E-state index in [1.807, 2.05) is 17.9 Å². The Labute approximate surface area is 130 Å². The number of hydrogen-bond acceptors (Lipinski definition) is 6. The molecular weight excluding hydrogens is 282 g/mol. The van der Waals surface area contributed by atoms with Gasteiger partial charge in [0.1, 0.15) is 5.82 Å². The zero-order chi connectivity index (χ0) is 15.5. The van der Waals surface area contributed by atoms with E-state index in [9.17, 15) is 4.79 Å². The van der Waals surface area contributed by atoms with Gasteiger partial charge in [0.2, 0.25) is 11.9 Å². The van der Waals surface area contributed by atoms with E-state index in [-0.39, 0.29) is 17.8 Å². The predicted octanol–water partition coefficient (Wildman–Crippen LogP) is 0.442. The molecule has 3 rings (SSSR count). The summed E-state index contributed by atoms with van der Waals surface area (Å²) in [6.07, 6.45) is 1.93. The van der Waals surface area contributed by atoms with E-state index in [0.717, 1.165) is 30.9 Å². The highest BCUT2D eigenvalue weighted by molar-refractivity contribution is 5.79. The van der Waals surface area contributed by atoms with Crippen molar-refractivity contribution in [2.75, 3.05) is 50.0 Å². The normalized spacial score (nSPS) is 22.7. The van der Waals surface area contributed by atoms with E-state index in [4.69, 9.17) is 10.5 Å². The molecule has 3 heterocycles. The molecule has 7 nitrogen and oxygen atoms in total. The van der Waals surface area contributed by atoms with Crippen molar-refractivity contribution in [1.29, 1.82) is 0 Å². The maximum atomic E-state index is 12.7. The average molecular weight is 305 g/mol. The molecule has 2 fully saturated rings. The second kappa shape index (κ2) is 6.48. The molecule has 1 amide bonds. The van der Waals surface area contributed by atoms with Gasteiger partial charge in [-0.3, -0.25) is 4.79 Å². The van der Waals surface area contributed by atoms with Crippen LogP contribution in [0.5, 0.6) is 0 Å². The molecule has 2 N–H and O–H groups in total. The first kappa shape index (κ1) is 15.0. The molecule has 120 valence electrons. The van der Waals surface area contributed by atoms with Crippen molar-refractivity contribution in [3.63, 3.8) is 0 Å². The number of morpholine rings is 1. The van der Waals surface area contributed by atoms with Gasteiger partial charge in [-0.15, -0.1) is 0 Å². The quantitative estimate of drug-likeness (QED) is 0.853. The number of hydrogen-bond donors (Lipinski definition) is 1. The fourth-order valence-corrected chi connectivity index (χ4v) is 3.17. The molecule has 2 aliphatic heterocycles. The number of ether oxygens (including phenoxy) is 1. The minimum atomic E-state index is 0.0309. The fourth-order valence-electron chi connectivity index (χ4n) is 3.17. The Bertz CT molecular complexity index is 524. The Hall–Kier alpha value is -1.89. The number of rotatable bonds is 2. The maximum Gasteiger partial charge on any atom is 0.227 e. The fraction of sp³-hybridized carbons (Fsp3) is 0.667. The lowest BCUT2D eigenvalue weighted by molar-refractivity contribution is -0.139. The molecule has 1 atom stereocenters. The van der Waals surface area contributed by atoms with Gasteiger partial charge < -0.3 is 20.3 Å². The van der Waals surface area contributed by atoms with E-state index in [1.54, 1.807) is 0 Å². The van der Waals surface area contributed by atoms with E-state index in [2.05, 4.69) is 14.9 Å². The largest absolute Gasteiger partial charge is 0.378 e. The Balaban J connectivity index is 1.69. The van der Waals surface area contributed by atoms with Crippen LogP contribution in [0, 0.1) is 12.8 Å².